The SMILES string of the molecule is CCN1c2cc(C)c(/C=N\NC(=O)c3cccc([N+](=O)[O-])c3)cc2C(C)CC1(C)C. The first-order chi connectivity index (χ1) is 14.1. The average Bonchev–Trinajstić information content (AvgIpc) is 2.68. The minimum atomic E-state index is -0.529. The molecule has 1 amide bonds. The molecule has 1 aliphatic heterocycles. The van der Waals surface area contributed by atoms with E-state index in [0.29, 0.717) is 5.92 Å². The Hall–Kier alpha value is -3.22. The molecular formula is C23H28N4O3. The number of non-ortho nitro benzene ring substituents is 1. The van der Waals surface area contributed by atoms with Crippen molar-refractivity contribution >= 4 is 23.5 Å². The molecule has 0 aromatic heterocycles. The van der Waals surface area contributed by atoms with Gasteiger partial charge in [0, 0.05) is 35.5 Å². The van der Waals surface area contributed by atoms with E-state index in [2.05, 4.69) is 55.3 Å². The summed E-state index contributed by atoms with van der Waals surface area (Å²) in [5.41, 5.74) is 7.19. The number of amides is 1. The summed E-state index contributed by atoms with van der Waals surface area (Å²) >= 11 is 0. The van der Waals surface area contributed by atoms with Gasteiger partial charge in [0.05, 0.1) is 11.1 Å². The molecule has 2 aromatic rings. The van der Waals surface area contributed by atoms with Crippen LogP contribution in [0.25, 0.3) is 0 Å². The van der Waals surface area contributed by atoms with E-state index in [1.807, 2.05) is 6.92 Å². The monoisotopic (exact) mass is 408 g/mol. The van der Waals surface area contributed by atoms with E-state index in [1.54, 1.807) is 6.21 Å². The molecule has 0 aliphatic carbocycles. The molecule has 0 radical (unpaired) electrons. The van der Waals surface area contributed by atoms with Crippen LogP contribution in [0.1, 0.15) is 67.1 Å². The summed E-state index contributed by atoms with van der Waals surface area (Å²) in [7, 11) is 0. The summed E-state index contributed by atoms with van der Waals surface area (Å²) in [6, 6.07) is 9.92. The minimum Gasteiger partial charge on any atom is -0.366 e. The maximum atomic E-state index is 12.3. The van der Waals surface area contributed by atoms with Gasteiger partial charge in [0.25, 0.3) is 11.6 Å². The van der Waals surface area contributed by atoms with Gasteiger partial charge in [-0.2, -0.15) is 5.10 Å². The third-order valence-corrected chi connectivity index (χ3v) is 5.78. The van der Waals surface area contributed by atoms with E-state index in [-0.39, 0.29) is 16.8 Å². The molecule has 0 saturated carbocycles. The molecule has 30 heavy (non-hydrogen) atoms. The zero-order chi connectivity index (χ0) is 22.1. The van der Waals surface area contributed by atoms with Gasteiger partial charge < -0.3 is 4.90 Å². The molecule has 158 valence electrons. The number of fused-ring (bicyclic) bond motifs is 1. The minimum absolute atomic E-state index is 0.107. The normalized spacial score (nSPS) is 17.6. The zero-order valence-corrected chi connectivity index (χ0v) is 18.1. The molecule has 0 spiro atoms. The third kappa shape index (κ3) is 4.20. The molecule has 7 nitrogen and oxygen atoms in total. The van der Waals surface area contributed by atoms with Gasteiger partial charge >= 0.3 is 0 Å². The van der Waals surface area contributed by atoms with Crippen molar-refractivity contribution in [2.24, 2.45) is 5.10 Å². The topological polar surface area (TPSA) is 87.8 Å². The van der Waals surface area contributed by atoms with Crippen molar-refractivity contribution in [1.82, 2.24) is 5.43 Å². The fourth-order valence-electron chi connectivity index (χ4n) is 4.37. The maximum absolute atomic E-state index is 12.3. The smallest absolute Gasteiger partial charge is 0.271 e. The number of carbonyl (C=O) groups excluding carboxylic acids is 1. The number of nitro groups is 1. The number of rotatable bonds is 5. The van der Waals surface area contributed by atoms with E-state index in [0.717, 1.165) is 24.1 Å². The zero-order valence-electron chi connectivity index (χ0n) is 18.1. The van der Waals surface area contributed by atoms with E-state index in [4.69, 9.17) is 0 Å². The predicted molar refractivity (Wildman–Crippen MR) is 119 cm³/mol. The molecule has 7 heteroatoms. The van der Waals surface area contributed by atoms with Crippen LogP contribution >= 0.6 is 0 Å². The van der Waals surface area contributed by atoms with E-state index in [9.17, 15) is 14.9 Å². The highest BCUT2D eigenvalue weighted by Crippen LogP contribution is 2.43. The molecular weight excluding hydrogens is 380 g/mol. The van der Waals surface area contributed by atoms with Crippen LogP contribution < -0.4 is 10.3 Å². The number of hydrazone groups is 1. The molecule has 0 bridgehead atoms. The molecule has 2 aromatic carbocycles. The summed E-state index contributed by atoms with van der Waals surface area (Å²) in [5.74, 6) is -0.0668. The second-order valence-corrected chi connectivity index (χ2v) is 8.44. The summed E-state index contributed by atoms with van der Waals surface area (Å²) in [5, 5.41) is 15.0. The van der Waals surface area contributed by atoms with Crippen molar-refractivity contribution in [2.45, 2.75) is 52.5 Å². The van der Waals surface area contributed by atoms with Crippen LogP contribution in [0.5, 0.6) is 0 Å². The standard InChI is InChI=1S/C23H28N4O3/c1-6-26-21-10-15(2)18(12-20(21)16(3)13-23(26,4)5)14-24-25-22(28)17-8-7-9-19(11-17)27(29)30/h7-12,14,16H,6,13H2,1-5H3,(H,25,28)/b24-14-. The number of hydrogen-bond donors (Lipinski definition) is 1. The van der Waals surface area contributed by atoms with Crippen molar-refractivity contribution in [3.8, 4) is 0 Å². The number of nitro benzene ring substituents is 1. The van der Waals surface area contributed by atoms with Gasteiger partial charge in [-0.05, 0) is 74.9 Å². The third-order valence-electron chi connectivity index (χ3n) is 5.78. The first-order valence-corrected chi connectivity index (χ1v) is 10.1. The molecule has 1 heterocycles. The Morgan fingerprint density at radius 1 is 1.37 bits per heavy atom. The molecule has 1 unspecified atom stereocenters. The lowest BCUT2D eigenvalue weighted by Gasteiger charge is -2.47. The van der Waals surface area contributed by atoms with Gasteiger partial charge in [-0.3, -0.25) is 14.9 Å². The van der Waals surface area contributed by atoms with Crippen molar-refractivity contribution in [3.05, 3.63) is 68.8 Å². The van der Waals surface area contributed by atoms with Crippen molar-refractivity contribution in [2.75, 3.05) is 11.4 Å². The van der Waals surface area contributed by atoms with E-state index < -0.39 is 10.8 Å². The number of carbonyl (C=O) groups is 1. The summed E-state index contributed by atoms with van der Waals surface area (Å²) in [6.07, 6.45) is 2.70. The van der Waals surface area contributed by atoms with Crippen molar-refractivity contribution in [3.63, 3.8) is 0 Å². The van der Waals surface area contributed by atoms with Gasteiger partial charge in [-0.15, -0.1) is 0 Å². The van der Waals surface area contributed by atoms with Gasteiger partial charge in [0.1, 0.15) is 0 Å². The lowest BCUT2D eigenvalue weighted by Crippen LogP contribution is -2.48. The Morgan fingerprint density at radius 3 is 2.77 bits per heavy atom. The van der Waals surface area contributed by atoms with E-state index >= 15 is 0 Å². The van der Waals surface area contributed by atoms with Crippen LogP contribution in [-0.2, 0) is 0 Å². The first-order valence-electron chi connectivity index (χ1n) is 10.1. The quantitative estimate of drug-likeness (QED) is 0.438. The predicted octanol–water partition coefficient (Wildman–Crippen LogP) is 4.78. The van der Waals surface area contributed by atoms with Crippen LogP contribution in [-0.4, -0.2) is 29.1 Å². The summed E-state index contributed by atoms with van der Waals surface area (Å²) < 4.78 is 0. The number of benzene rings is 2. The fraction of sp³-hybridized carbons (Fsp3) is 0.391. The van der Waals surface area contributed by atoms with Crippen LogP contribution in [0.4, 0.5) is 11.4 Å². The Labute approximate surface area is 176 Å². The summed E-state index contributed by atoms with van der Waals surface area (Å²) in [6.45, 7) is 12.0. The number of aryl methyl sites for hydroxylation is 1. The molecule has 0 fully saturated rings. The Kier molecular flexibility index (Phi) is 5.92. The van der Waals surface area contributed by atoms with Crippen LogP contribution in [0.2, 0.25) is 0 Å². The van der Waals surface area contributed by atoms with Crippen LogP contribution in [0.15, 0.2) is 41.5 Å². The lowest BCUT2D eigenvalue weighted by molar-refractivity contribution is -0.384. The van der Waals surface area contributed by atoms with Gasteiger partial charge in [-0.1, -0.05) is 13.0 Å². The number of nitrogens with one attached hydrogen (secondary N) is 1. The first kappa shape index (κ1) is 21.5. The molecule has 3 rings (SSSR count). The molecule has 1 N–H and O–H groups in total. The van der Waals surface area contributed by atoms with E-state index in [1.165, 1.54) is 35.5 Å². The lowest BCUT2D eigenvalue weighted by atomic mass is 9.79. The highest BCUT2D eigenvalue weighted by molar-refractivity contribution is 5.95. The Bertz CT molecular complexity index is 1010. The maximum Gasteiger partial charge on any atom is 0.271 e. The second kappa shape index (κ2) is 8.26. The number of anilines is 1. The highest BCUT2D eigenvalue weighted by atomic mass is 16.6. The largest absolute Gasteiger partial charge is 0.366 e. The van der Waals surface area contributed by atoms with Crippen LogP contribution in [0, 0.1) is 17.0 Å². The molecule has 1 aliphatic rings. The van der Waals surface area contributed by atoms with Gasteiger partial charge in [-0.25, -0.2) is 5.43 Å². The van der Waals surface area contributed by atoms with Crippen molar-refractivity contribution < 1.29 is 9.72 Å². The number of hydrogen-bond acceptors (Lipinski definition) is 5. The van der Waals surface area contributed by atoms with Gasteiger partial charge in [0.2, 0.25) is 0 Å². The highest BCUT2D eigenvalue weighted by Gasteiger charge is 2.35. The Balaban J connectivity index is 1.82. The summed E-state index contributed by atoms with van der Waals surface area (Å²) in [4.78, 5) is 25.1. The molecule has 1 atom stereocenters. The second-order valence-electron chi connectivity index (χ2n) is 8.44. The Morgan fingerprint density at radius 2 is 2.10 bits per heavy atom. The fourth-order valence-corrected chi connectivity index (χ4v) is 4.37. The van der Waals surface area contributed by atoms with Crippen LogP contribution in [0.3, 0.4) is 0 Å². The van der Waals surface area contributed by atoms with Crippen molar-refractivity contribution in [1.29, 1.82) is 0 Å². The average molecular weight is 409 g/mol. The number of nitrogens with zero attached hydrogens (tertiary/aromatic N) is 3. The van der Waals surface area contributed by atoms with Gasteiger partial charge in [0.15, 0.2) is 0 Å². The molecule has 0 saturated heterocycles.